The number of rotatable bonds is 5. The molecule has 34 heavy (non-hydrogen) atoms. The van der Waals surface area contributed by atoms with E-state index in [2.05, 4.69) is 67.5 Å². The van der Waals surface area contributed by atoms with Gasteiger partial charge in [0.25, 0.3) is 0 Å². The van der Waals surface area contributed by atoms with E-state index in [1.165, 1.54) is 23.8 Å². The molecule has 5 rings (SSSR count). The molecule has 2 N–H and O–H groups in total. The Labute approximate surface area is 201 Å². The molecule has 0 bridgehead atoms. The highest BCUT2D eigenvalue weighted by molar-refractivity contribution is 5.88. The van der Waals surface area contributed by atoms with Crippen molar-refractivity contribution in [2.45, 2.75) is 18.9 Å². The van der Waals surface area contributed by atoms with Crippen LogP contribution in [0.15, 0.2) is 67.8 Å². The van der Waals surface area contributed by atoms with Crippen LogP contribution in [0.3, 0.4) is 0 Å². The molecule has 7 heteroatoms. The van der Waals surface area contributed by atoms with Crippen LogP contribution in [0.2, 0.25) is 0 Å². The van der Waals surface area contributed by atoms with Crippen molar-refractivity contribution >= 4 is 28.5 Å². The molecular weight excluding hydrogens is 422 g/mol. The van der Waals surface area contributed by atoms with Crippen LogP contribution >= 0.6 is 0 Å². The lowest BCUT2D eigenvalue weighted by Gasteiger charge is -2.32. The summed E-state index contributed by atoms with van der Waals surface area (Å²) in [6.07, 6.45) is 11.9. The van der Waals surface area contributed by atoms with Crippen molar-refractivity contribution in [3.8, 4) is 11.1 Å². The van der Waals surface area contributed by atoms with Crippen molar-refractivity contribution in [3.63, 3.8) is 0 Å². The minimum absolute atomic E-state index is 0.666. The molecule has 1 aliphatic rings. The molecule has 0 spiro atoms. The number of aryl methyl sites for hydroxylation is 1. The minimum atomic E-state index is 0.666. The molecule has 0 atom stereocenters. The molecule has 0 amide bonds. The highest BCUT2D eigenvalue weighted by Gasteiger charge is 2.18. The zero-order chi connectivity index (χ0) is 23.9. The summed E-state index contributed by atoms with van der Waals surface area (Å²) in [5.41, 5.74) is 3.44. The topological polar surface area (TPSA) is 70.9 Å². The second-order valence-corrected chi connectivity index (χ2v) is 8.49. The number of benzene rings is 1. The predicted molar refractivity (Wildman–Crippen MR) is 142 cm³/mol. The Kier molecular flexibility index (Phi) is 7.54. The van der Waals surface area contributed by atoms with Gasteiger partial charge in [0.05, 0.1) is 6.20 Å². The Morgan fingerprint density at radius 2 is 1.79 bits per heavy atom. The average molecular weight is 456 g/mol. The van der Waals surface area contributed by atoms with E-state index in [4.69, 9.17) is 0 Å². The third-order valence-electron chi connectivity index (χ3n) is 6.25. The molecule has 7 nitrogen and oxygen atoms in total. The van der Waals surface area contributed by atoms with Crippen molar-refractivity contribution in [1.29, 1.82) is 0 Å². The van der Waals surface area contributed by atoms with Crippen molar-refractivity contribution in [3.05, 3.63) is 73.3 Å². The zero-order valence-electron chi connectivity index (χ0n) is 20.2. The van der Waals surface area contributed by atoms with Gasteiger partial charge in [-0.15, -0.1) is 0 Å². The van der Waals surface area contributed by atoms with E-state index < -0.39 is 0 Å². The van der Waals surface area contributed by atoms with Crippen LogP contribution in [-0.2, 0) is 7.05 Å². The van der Waals surface area contributed by atoms with Crippen LogP contribution in [0.25, 0.3) is 28.0 Å². The Morgan fingerprint density at radius 1 is 0.971 bits per heavy atom. The lowest BCUT2D eigenvalue weighted by molar-refractivity contribution is 0.441. The number of nitrogens with one attached hydrogen (secondary N) is 2. The molecular formula is C27H33N7. The van der Waals surface area contributed by atoms with Gasteiger partial charge in [-0.2, -0.15) is 5.10 Å². The fraction of sp³-hybridized carbons (Fsp3) is 0.296. The Bertz CT molecular complexity index is 1240. The van der Waals surface area contributed by atoms with E-state index in [9.17, 15) is 0 Å². The van der Waals surface area contributed by atoms with Crippen molar-refractivity contribution in [2.24, 2.45) is 7.05 Å². The zero-order valence-corrected chi connectivity index (χ0v) is 20.2. The molecule has 3 aromatic heterocycles. The van der Waals surface area contributed by atoms with Gasteiger partial charge in [0.1, 0.15) is 11.6 Å². The normalized spacial score (nSPS) is 13.9. The highest BCUT2D eigenvalue weighted by Crippen LogP contribution is 2.25. The first-order valence-corrected chi connectivity index (χ1v) is 11.7. The van der Waals surface area contributed by atoms with Crippen LogP contribution in [-0.4, -0.2) is 53.0 Å². The number of aromatic nitrogens is 4. The third kappa shape index (κ3) is 5.61. The second-order valence-electron chi connectivity index (χ2n) is 8.49. The molecule has 0 unspecified atom stereocenters. The summed E-state index contributed by atoms with van der Waals surface area (Å²) in [4.78, 5) is 11.1. The van der Waals surface area contributed by atoms with Crippen molar-refractivity contribution in [1.82, 2.24) is 25.1 Å². The molecule has 1 aliphatic heterocycles. The number of fused-ring (bicyclic) bond motifs is 1. The largest absolute Gasteiger partial charge is 0.373 e. The van der Waals surface area contributed by atoms with Gasteiger partial charge in [0.15, 0.2) is 0 Å². The maximum atomic E-state index is 4.42. The summed E-state index contributed by atoms with van der Waals surface area (Å²) in [5.74, 6) is 1.96. The van der Waals surface area contributed by atoms with E-state index in [1.54, 1.807) is 0 Å². The summed E-state index contributed by atoms with van der Waals surface area (Å²) < 4.78 is 1.81. The maximum Gasteiger partial charge on any atom is 0.129 e. The van der Waals surface area contributed by atoms with E-state index in [0.29, 0.717) is 6.04 Å². The summed E-state index contributed by atoms with van der Waals surface area (Å²) in [5, 5.41) is 12.9. The van der Waals surface area contributed by atoms with Gasteiger partial charge < -0.3 is 15.5 Å². The Hall–Kier alpha value is -3.71. The van der Waals surface area contributed by atoms with E-state index >= 15 is 0 Å². The number of hydrogen-bond acceptors (Lipinski definition) is 6. The molecule has 4 aromatic rings. The van der Waals surface area contributed by atoms with Crippen LogP contribution in [0.5, 0.6) is 0 Å². The standard InChI is InChI=1S/C14H14N4.C13H19N3/c1-15-14-6-12-5-10(3-4-11(12)7-16-14)13-8-17-18(2)9-13;1-3-11-4-7-15-13(10-11)16-8-5-12(14-2)6-9-16/h3-9H,1-2H3,(H,15,16);3-4,7,10,12,14H,1,5-6,8-9H2,2H3. The van der Waals surface area contributed by atoms with Crippen LogP contribution in [0, 0.1) is 0 Å². The van der Waals surface area contributed by atoms with E-state index in [1.807, 2.05) is 62.8 Å². The fourth-order valence-electron chi connectivity index (χ4n) is 4.16. The van der Waals surface area contributed by atoms with Gasteiger partial charge >= 0.3 is 0 Å². The molecule has 176 valence electrons. The second kappa shape index (κ2) is 10.9. The van der Waals surface area contributed by atoms with Crippen LogP contribution < -0.4 is 15.5 Å². The highest BCUT2D eigenvalue weighted by atomic mass is 15.2. The third-order valence-corrected chi connectivity index (χ3v) is 6.25. The SMILES string of the molecule is C=Cc1ccnc(N2CCC(NC)CC2)c1.CNc1cc2cc(-c3cnn(C)c3)ccc2cn1. The van der Waals surface area contributed by atoms with Gasteiger partial charge in [0.2, 0.25) is 0 Å². The van der Waals surface area contributed by atoms with Gasteiger partial charge in [-0.1, -0.05) is 24.8 Å². The van der Waals surface area contributed by atoms with Gasteiger partial charge in [0, 0.05) is 62.8 Å². The molecule has 1 fully saturated rings. The van der Waals surface area contributed by atoms with Gasteiger partial charge in [-0.3, -0.25) is 4.68 Å². The van der Waals surface area contributed by atoms with E-state index in [0.717, 1.165) is 41.2 Å². The Morgan fingerprint density at radius 3 is 2.47 bits per heavy atom. The quantitative estimate of drug-likeness (QED) is 0.459. The molecule has 4 heterocycles. The number of anilines is 2. The Balaban J connectivity index is 0.000000162. The lowest BCUT2D eigenvalue weighted by atomic mass is 10.1. The first kappa shape index (κ1) is 23.4. The number of pyridine rings is 2. The summed E-state index contributed by atoms with van der Waals surface area (Å²) in [6, 6.07) is 13.1. The predicted octanol–water partition coefficient (Wildman–Crippen LogP) is 4.59. The molecule has 0 aliphatic carbocycles. The molecule has 0 radical (unpaired) electrons. The van der Waals surface area contributed by atoms with E-state index in [-0.39, 0.29) is 0 Å². The minimum Gasteiger partial charge on any atom is -0.373 e. The van der Waals surface area contributed by atoms with Crippen molar-refractivity contribution in [2.75, 3.05) is 37.4 Å². The lowest BCUT2D eigenvalue weighted by Crippen LogP contribution is -2.41. The first-order valence-electron chi connectivity index (χ1n) is 11.7. The summed E-state index contributed by atoms with van der Waals surface area (Å²) >= 11 is 0. The van der Waals surface area contributed by atoms with Gasteiger partial charge in [-0.05, 0) is 60.7 Å². The van der Waals surface area contributed by atoms with Crippen molar-refractivity contribution < 1.29 is 0 Å². The first-order chi connectivity index (χ1) is 16.6. The van der Waals surface area contributed by atoms with Gasteiger partial charge in [-0.25, -0.2) is 9.97 Å². The van der Waals surface area contributed by atoms with Crippen LogP contribution in [0.1, 0.15) is 18.4 Å². The average Bonchev–Trinajstić information content (AvgIpc) is 3.34. The number of piperidine rings is 1. The maximum absolute atomic E-state index is 4.42. The fourth-order valence-corrected chi connectivity index (χ4v) is 4.16. The summed E-state index contributed by atoms with van der Waals surface area (Å²) in [6.45, 7) is 5.95. The monoisotopic (exact) mass is 455 g/mol. The van der Waals surface area contributed by atoms with Crippen LogP contribution in [0.4, 0.5) is 11.6 Å². The molecule has 0 saturated carbocycles. The molecule has 1 aromatic carbocycles. The summed E-state index contributed by atoms with van der Waals surface area (Å²) in [7, 11) is 5.84. The number of nitrogens with zero attached hydrogens (tertiary/aromatic N) is 5. The smallest absolute Gasteiger partial charge is 0.129 e. The molecule has 1 saturated heterocycles. The number of hydrogen-bond donors (Lipinski definition) is 2.